The second-order valence-electron chi connectivity index (χ2n) is 4.69. The van der Waals surface area contributed by atoms with Gasteiger partial charge in [-0.15, -0.1) is 5.10 Å². The summed E-state index contributed by atoms with van der Waals surface area (Å²) in [5, 5.41) is 11.3. The number of unbranched alkanes of at least 4 members (excludes halogenated alkanes) is 1. The maximum atomic E-state index is 4.44. The average molecular weight is 237 g/mol. The topological polar surface area (TPSA) is 53.9 Å². The molecule has 1 aromatic rings. The van der Waals surface area contributed by atoms with Crippen molar-refractivity contribution in [3.05, 3.63) is 6.20 Å². The fourth-order valence-corrected chi connectivity index (χ4v) is 1.35. The summed E-state index contributed by atoms with van der Waals surface area (Å²) in [5.74, 6) is 2.07. The van der Waals surface area contributed by atoms with Gasteiger partial charge in [0, 0.05) is 20.1 Å². The molecule has 0 aliphatic rings. The first-order valence-corrected chi connectivity index (χ1v) is 6.28. The van der Waals surface area contributed by atoms with Gasteiger partial charge in [0.2, 0.25) is 5.95 Å². The lowest BCUT2D eigenvalue weighted by Crippen LogP contribution is -2.22. The van der Waals surface area contributed by atoms with E-state index in [9.17, 15) is 0 Å². The first-order chi connectivity index (χ1) is 8.13. The third-order valence-electron chi connectivity index (χ3n) is 2.43. The van der Waals surface area contributed by atoms with Crippen LogP contribution in [0.2, 0.25) is 0 Å². The molecular formula is C12H23N5. The predicted molar refractivity (Wildman–Crippen MR) is 71.3 cm³/mol. The van der Waals surface area contributed by atoms with Crippen molar-refractivity contribution in [2.45, 2.75) is 33.6 Å². The van der Waals surface area contributed by atoms with E-state index in [1.807, 2.05) is 11.9 Å². The zero-order valence-electron chi connectivity index (χ0n) is 11.3. The van der Waals surface area contributed by atoms with E-state index in [2.05, 4.69) is 41.3 Å². The molecule has 1 heterocycles. The van der Waals surface area contributed by atoms with Gasteiger partial charge in [0.05, 0.1) is 6.20 Å². The van der Waals surface area contributed by atoms with Gasteiger partial charge in [0.1, 0.15) is 0 Å². The van der Waals surface area contributed by atoms with Gasteiger partial charge in [-0.2, -0.15) is 10.1 Å². The second-order valence-corrected chi connectivity index (χ2v) is 4.69. The van der Waals surface area contributed by atoms with Crippen LogP contribution in [0.15, 0.2) is 6.20 Å². The van der Waals surface area contributed by atoms with E-state index in [1.165, 1.54) is 6.42 Å². The van der Waals surface area contributed by atoms with Crippen molar-refractivity contribution < 1.29 is 0 Å². The first-order valence-electron chi connectivity index (χ1n) is 6.28. The van der Waals surface area contributed by atoms with E-state index < -0.39 is 0 Å². The minimum atomic E-state index is 0.589. The van der Waals surface area contributed by atoms with E-state index in [0.717, 1.165) is 25.3 Å². The van der Waals surface area contributed by atoms with Gasteiger partial charge in [-0.25, -0.2) is 0 Å². The molecule has 0 aliphatic carbocycles. The number of hydrogen-bond donors (Lipinski definition) is 1. The third kappa shape index (κ3) is 4.97. The standard InChI is InChI=1S/C12H23N5/c1-5-6-7-17(4)12-15-11(9-14-16-12)13-8-10(2)3/h9-10H,5-8H2,1-4H3,(H,13,15,16). The highest BCUT2D eigenvalue weighted by atomic mass is 15.3. The second kappa shape index (κ2) is 7.04. The lowest BCUT2D eigenvalue weighted by atomic mass is 10.2. The number of anilines is 2. The quantitative estimate of drug-likeness (QED) is 0.787. The van der Waals surface area contributed by atoms with Crippen LogP contribution in [-0.4, -0.2) is 35.3 Å². The molecule has 0 radical (unpaired) electrons. The Hall–Kier alpha value is -1.39. The Morgan fingerprint density at radius 1 is 1.41 bits per heavy atom. The molecule has 0 bridgehead atoms. The van der Waals surface area contributed by atoms with Crippen molar-refractivity contribution in [2.24, 2.45) is 5.92 Å². The molecule has 0 amide bonds. The van der Waals surface area contributed by atoms with Crippen molar-refractivity contribution in [1.82, 2.24) is 15.2 Å². The Morgan fingerprint density at radius 3 is 2.82 bits per heavy atom. The molecule has 5 nitrogen and oxygen atoms in total. The van der Waals surface area contributed by atoms with Gasteiger partial charge >= 0.3 is 0 Å². The number of hydrogen-bond acceptors (Lipinski definition) is 5. The van der Waals surface area contributed by atoms with Crippen LogP contribution >= 0.6 is 0 Å². The molecule has 1 N–H and O–H groups in total. The van der Waals surface area contributed by atoms with E-state index in [-0.39, 0.29) is 0 Å². The minimum Gasteiger partial charge on any atom is -0.368 e. The summed E-state index contributed by atoms with van der Waals surface area (Å²) in [6.45, 7) is 8.36. The van der Waals surface area contributed by atoms with E-state index in [4.69, 9.17) is 0 Å². The summed E-state index contributed by atoms with van der Waals surface area (Å²) in [5.41, 5.74) is 0. The van der Waals surface area contributed by atoms with E-state index in [1.54, 1.807) is 6.20 Å². The fraction of sp³-hybridized carbons (Fsp3) is 0.750. The van der Waals surface area contributed by atoms with Gasteiger partial charge < -0.3 is 10.2 Å². The van der Waals surface area contributed by atoms with Gasteiger partial charge in [-0.05, 0) is 12.3 Å². The van der Waals surface area contributed by atoms with Crippen LogP contribution in [0, 0.1) is 5.92 Å². The number of rotatable bonds is 7. The van der Waals surface area contributed by atoms with Crippen LogP contribution in [0.25, 0.3) is 0 Å². The summed E-state index contributed by atoms with van der Waals surface area (Å²) < 4.78 is 0. The van der Waals surface area contributed by atoms with Gasteiger partial charge in [-0.1, -0.05) is 27.2 Å². The molecule has 0 atom stereocenters. The third-order valence-corrected chi connectivity index (χ3v) is 2.43. The Balaban J connectivity index is 2.58. The number of nitrogens with one attached hydrogen (secondary N) is 1. The van der Waals surface area contributed by atoms with Crippen molar-refractivity contribution >= 4 is 11.8 Å². The highest BCUT2D eigenvalue weighted by Gasteiger charge is 2.05. The maximum absolute atomic E-state index is 4.44. The Bertz CT molecular complexity index is 326. The summed E-state index contributed by atoms with van der Waals surface area (Å²) in [6.07, 6.45) is 3.98. The van der Waals surface area contributed by atoms with Crippen LogP contribution in [0.3, 0.4) is 0 Å². The Morgan fingerprint density at radius 2 is 2.18 bits per heavy atom. The summed E-state index contributed by atoms with van der Waals surface area (Å²) in [7, 11) is 2.00. The molecular weight excluding hydrogens is 214 g/mol. The average Bonchev–Trinajstić information content (AvgIpc) is 2.33. The SMILES string of the molecule is CCCCN(C)c1nncc(NCC(C)C)n1. The largest absolute Gasteiger partial charge is 0.368 e. The Kier molecular flexibility index (Phi) is 5.66. The van der Waals surface area contributed by atoms with Gasteiger partial charge in [-0.3, -0.25) is 0 Å². The molecule has 1 rings (SSSR count). The van der Waals surface area contributed by atoms with E-state index in [0.29, 0.717) is 11.9 Å². The van der Waals surface area contributed by atoms with Crippen LogP contribution in [0.5, 0.6) is 0 Å². The number of nitrogens with zero attached hydrogens (tertiary/aromatic N) is 4. The molecule has 0 saturated carbocycles. The van der Waals surface area contributed by atoms with Crippen LogP contribution < -0.4 is 10.2 Å². The molecule has 17 heavy (non-hydrogen) atoms. The molecule has 0 aromatic carbocycles. The van der Waals surface area contributed by atoms with Gasteiger partial charge in [0.15, 0.2) is 5.82 Å². The molecule has 96 valence electrons. The summed E-state index contributed by atoms with van der Waals surface area (Å²) >= 11 is 0. The highest BCUT2D eigenvalue weighted by Crippen LogP contribution is 2.08. The highest BCUT2D eigenvalue weighted by molar-refractivity contribution is 5.38. The summed E-state index contributed by atoms with van der Waals surface area (Å²) in [6, 6.07) is 0. The first kappa shape index (κ1) is 13.7. The number of aromatic nitrogens is 3. The van der Waals surface area contributed by atoms with Crippen molar-refractivity contribution in [3.63, 3.8) is 0 Å². The van der Waals surface area contributed by atoms with Crippen molar-refractivity contribution in [1.29, 1.82) is 0 Å². The zero-order valence-corrected chi connectivity index (χ0v) is 11.3. The van der Waals surface area contributed by atoms with Gasteiger partial charge in [0.25, 0.3) is 0 Å². The van der Waals surface area contributed by atoms with Crippen molar-refractivity contribution in [2.75, 3.05) is 30.4 Å². The minimum absolute atomic E-state index is 0.589. The Labute approximate surface area is 104 Å². The lowest BCUT2D eigenvalue weighted by Gasteiger charge is -2.16. The molecule has 1 aromatic heterocycles. The summed E-state index contributed by atoms with van der Waals surface area (Å²) in [4.78, 5) is 6.48. The molecule has 0 aliphatic heterocycles. The molecule has 0 unspecified atom stereocenters. The normalized spacial score (nSPS) is 10.6. The molecule has 5 heteroatoms. The molecule has 0 fully saturated rings. The predicted octanol–water partition coefficient (Wildman–Crippen LogP) is 2.18. The molecule has 0 spiro atoms. The van der Waals surface area contributed by atoms with Crippen LogP contribution in [0.4, 0.5) is 11.8 Å². The van der Waals surface area contributed by atoms with Crippen LogP contribution in [0.1, 0.15) is 33.6 Å². The smallest absolute Gasteiger partial charge is 0.247 e. The van der Waals surface area contributed by atoms with Crippen LogP contribution in [-0.2, 0) is 0 Å². The molecule has 0 saturated heterocycles. The monoisotopic (exact) mass is 237 g/mol. The fourth-order valence-electron chi connectivity index (χ4n) is 1.35. The van der Waals surface area contributed by atoms with Crippen molar-refractivity contribution in [3.8, 4) is 0 Å². The zero-order chi connectivity index (χ0) is 12.7. The maximum Gasteiger partial charge on any atom is 0.247 e. The lowest BCUT2D eigenvalue weighted by molar-refractivity contribution is 0.684. The van der Waals surface area contributed by atoms with E-state index >= 15 is 0 Å².